The quantitative estimate of drug-likeness (QED) is 0.668. The first-order valence-corrected chi connectivity index (χ1v) is 4.13. The van der Waals surface area contributed by atoms with Crippen molar-refractivity contribution in [1.29, 1.82) is 0 Å². The van der Waals surface area contributed by atoms with E-state index in [1.165, 1.54) is 26.6 Å². The SMILES string of the molecule is COC(=O)C(C)c1nccnc1OC. The first kappa shape index (κ1) is 10.4. The number of nitrogens with zero attached hydrogens (tertiary/aromatic N) is 2. The Hall–Kier alpha value is -1.65. The van der Waals surface area contributed by atoms with Crippen LogP contribution in [0.3, 0.4) is 0 Å². The van der Waals surface area contributed by atoms with Crippen molar-refractivity contribution < 1.29 is 14.3 Å². The van der Waals surface area contributed by atoms with Crippen LogP contribution in [0.5, 0.6) is 5.88 Å². The van der Waals surface area contributed by atoms with Gasteiger partial charge in [-0.1, -0.05) is 0 Å². The molecule has 0 aliphatic carbocycles. The van der Waals surface area contributed by atoms with Gasteiger partial charge >= 0.3 is 5.97 Å². The molecule has 0 saturated carbocycles. The first-order chi connectivity index (χ1) is 6.70. The molecule has 1 heterocycles. The Morgan fingerprint density at radius 3 is 2.57 bits per heavy atom. The molecule has 5 heteroatoms. The molecule has 0 N–H and O–H groups in total. The Labute approximate surface area is 82.1 Å². The number of ether oxygens (including phenoxy) is 2. The van der Waals surface area contributed by atoms with E-state index in [0.717, 1.165) is 0 Å². The number of carbonyl (C=O) groups excluding carboxylic acids is 1. The summed E-state index contributed by atoms with van der Waals surface area (Å²) in [4.78, 5) is 19.2. The summed E-state index contributed by atoms with van der Waals surface area (Å²) in [5, 5.41) is 0. The molecule has 0 aliphatic heterocycles. The van der Waals surface area contributed by atoms with Crippen molar-refractivity contribution in [2.45, 2.75) is 12.8 Å². The fourth-order valence-electron chi connectivity index (χ4n) is 1.08. The van der Waals surface area contributed by atoms with E-state index < -0.39 is 5.92 Å². The number of hydrogen-bond donors (Lipinski definition) is 0. The standard InChI is InChI=1S/C9H12N2O3/c1-6(9(12)14-3)7-8(13-2)11-5-4-10-7/h4-6H,1-3H3. The molecule has 5 nitrogen and oxygen atoms in total. The summed E-state index contributed by atoms with van der Waals surface area (Å²) >= 11 is 0. The molecule has 0 fully saturated rings. The summed E-state index contributed by atoms with van der Waals surface area (Å²) in [7, 11) is 2.82. The zero-order valence-electron chi connectivity index (χ0n) is 8.35. The lowest BCUT2D eigenvalue weighted by molar-refractivity contribution is -0.142. The Balaban J connectivity index is 2.99. The maximum Gasteiger partial charge on any atom is 0.314 e. The summed E-state index contributed by atoms with van der Waals surface area (Å²) in [6, 6.07) is 0. The van der Waals surface area contributed by atoms with Gasteiger partial charge in [0.05, 0.1) is 14.2 Å². The normalized spacial score (nSPS) is 11.9. The number of aromatic nitrogens is 2. The van der Waals surface area contributed by atoms with Crippen molar-refractivity contribution in [2.24, 2.45) is 0 Å². The molecule has 0 aromatic carbocycles. The molecule has 1 aromatic heterocycles. The van der Waals surface area contributed by atoms with E-state index in [1.807, 2.05) is 0 Å². The Morgan fingerprint density at radius 2 is 2.00 bits per heavy atom. The van der Waals surface area contributed by atoms with Crippen LogP contribution in [-0.4, -0.2) is 30.2 Å². The second kappa shape index (κ2) is 4.55. The van der Waals surface area contributed by atoms with E-state index in [0.29, 0.717) is 11.6 Å². The zero-order valence-corrected chi connectivity index (χ0v) is 8.35. The topological polar surface area (TPSA) is 61.3 Å². The van der Waals surface area contributed by atoms with Crippen molar-refractivity contribution in [1.82, 2.24) is 9.97 Å². The molecule has 76 valence electrons. The van der Waals surface area contributed by atoms with Crippen molar-refractivity contribution in [3.63, 3.8) is 0 Å². The molecular formula is C9H12N2O3. The Morgan fingerprint density at radius 1 is 1.36 bits per heavy atom. The summed E-state index contributed by atoms with van der Waals surface area (Å²) < 4.78 is 9.58. The van der Waals surface area contributed by atoms with E-state index in [9.17, 15) is 4.79 Å². The summed E-state index contributed by atoms with van der Waals surface area (Å²) in [6.07, 6.45) is 3.02. The molecule has 0 amide bonds. The van der Waals surface area contributed by atoms with Gasteiger partial charge in [-0.3, -0.25) is 9.78 Å². The van der Waals surface area contributed by atoms with Crippen LogP contribution in [0.15, 0.2) is 12.4 Å². The lowest BCUT2D eigenvalue weighted by Crippen LogP contribution is -2.13. The van der Waals surface area contributed by atoms with Crippen LogP contribution >= 0.6 is 0 Å². The van der Waals surface area contributed by atoms with Gasteiger partial charge in [-0.15, -0.1) is 0 Å². The van der Waals surface area contributed by atoms with Gasteiger partial charge in [0.25, 0.3) is 0 Å². The molecule has 0 radical (unpaired) electrons. The Bertz CT molecular complexity index is 328. The van der Waals surface area contributed by atoms with Gasteiger partial charge in [0, 0.05) is 12.4 Å². The van der Waals surface area contributed by atoms with Crippen molar-refractivity contribution >= 4 is 5.97 Å². The third kappa shape index (κ3) is 1.99. The van der Waals surface area contributed by atoms with Gasteiger partial charge < -0.3 is 9.47 Å². The minimum absolute atomic E-state index is 0.352. The van der Waals surface area contributed by atoms with E-state index >= 15 is 0 Å². The van der Waals surface area contributed by atoms with E-state index in [2.05, 4.69) is 14.7 Å². The molecule has 0 spiro atoms. The number of hydrogen-bond acceptors (Lipinski definition) is 5. The van der Waals surface area contributed by atoms with Gasteiger partial charge in [0.1, 0.15) is 11.6 Å². The van der Waals surface area contributed by atoms with Crippen LogP contribution in [0.2, 0.25) is 0 Å². The van der Waals surface area contributed by atoms with E-state index in [1.54, 1.807) is 6.92 Å². The van der Waals surface area contributed by atoms with Crippen LogP contribution in [0.4, 0.5) is 0 Å². The van der Waals surface area contributed by atoms with Gasteiger partial charge in [-0.05, 0) is 6.92 Å². The van der Waals surface area contributed by atoms with Crippen molar-refractivity contribution in [3.8, 4) is 5.88 Å². The maximum atomic E-state index is 11.2. The fraction of sp³-hybridized carbons (Fsp3) is 0.444. The second-order valence-electron chi connectivity index (χ2n) is 2.70. The van der Waals surface area contributed by atoms with Crippen LogP contribution in [0.1, 0.15) is 18.5 Å². The minimum atomic E-state index is -0.469. The second-order valence-corrected chi connectivity index (χ2v) is 2.70. The van der Waals surface area contributed by atoms with E-state index in [4.69, 9.17) is 4.74 Å². The molecule has 1 rings (SSSR count). The summed E-state index contributed by atoms with van der Waals surface area (Å²) in [5.74, 6) is -0.474. The predicted molar refractivity (Wildman–Crippen MR) is 49.0 cm³/mol. The Kier molecular flexibility index (Phi) is 3.39. The van der Waals surface area contributed by atoms with Gasteiger partial charge in [-0.2, -0.15) is 0 Å². The molecule has 1 unspecified atom stereocenters. The summed E-state index contributed by atoms with van der Waals surface area (Å²) in [5.41, 5.74) is 0.488. The monoisotopic (exact) mass is 196 g/mol. The smallest absolute Gasteiger partial charge is 0.314 e. The molecule has 1 atom stereocenters. The molecule has 0 saturated heterocycles. The van der Waals surface area contributed by atoms with E-state index in [-0.39, 0.29) is 5.97 Å². The van der Waals surface area contributed by atoms with Crippen molar-refractivity contribution in [2.75, 3.05) is 14.2 Å². The molecule has 0 aliphatic rings. The third-order valence-corrected chi connectivity index (χ3v) is 1.85. The lowest BCUT2D eigenvalue weighted by atomic mass is 10.1. The van der Waals surface area contributed by atoms with Crippen LogP contribution in [-0.2, 0) is 9.53 Å². The van der Waals surface area contributed by atoms with Gasteiger partial charge in [0.2, 0.25) is 5.88 Å². The molecule has 1 aromatic rings. The zero-order chi connectivity index (χ0) is 10.6. The molecular weight excluding hydrogens is 184 g/mol. The van der Waals surface area contributed by atoms with Crippen LogP contribution in [0.25, 0.3) is 0 Å². The van der Waals surface area contributed by atoms with Crippen LogP contribution < -0.4 is 4.74 Å². The largest absolute Gasteiger partial charge is 0.480 e. The number of carbonyl (C=O) groups is 1. The number of methoxy groups -OCH3 is 2. The third-order valence-electron chi connectivity index (χ3n) is 1.85. The highest BCUT2D eigenvalue weighted by Crippen LogP contribution is 2.21. The highest BCUT2D eigenvalue weighted by atomic mass is 16.5. The highest BCUT2D eigenvalue weighted by molar-refractivity contribution is 5.77. The number of rotatable bonds is 3. The molecule has 14 heavy (non-hydrogen) atoms. The predicted octanol–water partition coefficient (Wildman–Crippen LogP) is 0.762. The lowest BCUT2D eigenvalue weighted by Gasteiger charge is -2.10. The van der Waals surface area contributed by atoms with Crippen molar-refractivity contribution in [3.05, 3.63) is 18.1 Å². The number of esters is 1. The first-order valence-electron chi connectivity index (χ1n) is 4.13. The maximum absolute atomic E-state index is 11.2. The minimum Gasteiger partial charge on any atom is -0.480 e. The highest BCUT2D eigenvalue weighted by Gasteiger charge is 2.21. The summed E-state index contributed by atoms with van der Waals surface area (Å²) in [6.45, 7) is 1.69. The average molecular weight is 196 g/mol. The van der Waals surface area contributed by atoms with Gasteiger partial charge in [0.15, 0.2) is 0 Å². The van der Waals surface area contributed by atoms with Gasteiger partial charge in [-0.25, -0.2) is 4.98 Å². The molecule has 0 bridgehead atoms. The van der Waals surface area contributed by atoms with Crippen LogP contribution in [0, 0.1) is 0 Å². The average Bonchev–Trinajstić information content (AvgIpc) is 2.26. The fourth-order valence-corrected chi connectivity index (χ4v) is 1.08.